The molecule has 0 spiro atoms. The molecule has 0 heterocycles. The highest BCUT2D eigenvalue weighted by molar-refractivity contribution is 6.30. The first-order valence-corrected chi connectivity index (χ1v) is 5.56. The second kappa shape index (κ2) is 5.97. The number of ketones is 1. The normalized spacial score (nSPS) is 12.5. The van der Waals surface area contributed by atoms with E-state index < -0.39 is 5.82 Å². The van der Waals surface area contributed by atoms with Crippen LogP contribution in [0.15, 0.2) is 18.2 Å². The third-order valence-electron chi connectivity index (χ3n) is 2.38. The number of benzene rings is 1. The average molecular weight is 244 g/mol. The first-order valence-electron chi connectivity index (χ1n) is 5.18. The quantitative estimate of drug-likeness (QED) is 0.864. The molecule has 0 aliphatic rings. The van der Waals surface area contributed by atoms with Crippen molar-refractivity contribution in [2.24, 2.45) is 11.7 Å². The molecule has 0 aromatic heterocycles. The van der Waals surface area contributed by atoms with Gasteiger partial charge in [-0.05, 0) is 30.2 Å². The van der Waals surface area contributed by atoms with Gasteiger partial charge in [0.1, 0.15) is 11.6 Å². The Kier molecular flexibility index (Phi) is 4.90. The summed E-state index contributed by atoms with van der Waals surface area (Å²) in [5, 5.41) is 0.337. The van der Waals surface area contributed by atoms with Gasteiger partial charge >= 0.3 is 0 Å². The standard InChI is InChI=1S/C12H15ClFNO/c1-8(7-15)4-11(16)5-9-2-3-10(13)6-12(9)14/h2-3,6,8H,4-5,7,15H2,1H3. The van der Waals surface area contributed by atoms with Crippen molar-refractivity contribution >= 4 is 17.4 Å². The number of hydrogen-bond donors (Lipinski definition) is 1. The second-order valence-corrected chi connectivity index (χ2v) is 4.43. The van der Waals surface area contributed by atoms with Crippen LogP contribution < -0.4 is 5.73 Å². The fraction of sp³-hybridized carbons (Fsp3) is 0.417. The molecular weight excluding hydrogens is 229 g/mol. The van der Waals surface area contributed by atoms with E-state index in [9.17, 15) is 9.18 Å². The molecule has 1 unspecified atom stereocenters. The minimum absolute atomic E-state index is 0.000766. The van der Waals surface area contributed by atoms with Gasteiger partial charge in [-0.3, -0.25) is 4.79 Å². The third kappa shape index (κ3) is 3.91. The van der Waals surface area contributed by atoms with Gasteiger partial charge in [0.15, 0.2) is 0 Å². The second-order valence-electron chi connectivity index (χ2n) is 4.00. The van der Waals surface area contributed by atoms with E-state index in [1.165, 1.54) is 6.07 Å². The van der Waals surface area contributed by atoms with Gasteiger partial charge < -0.3 is 5.73 Å². The number of rotatable bonds is 5. The molecule has 1 aromatic rings. The van der Waals surface area contributed by atoms with E-state index in [1.54, 1.807) is 12.1 Å². The van der Waals surface area contributed by atoms with E-state index in [2.05, 4.69) is 0 Å². The van der Waals surface area contributed by atoms with Crippen LogP contribution in [0.2, 0.25) is 5.02 Å². The lowest BCUT2D eigenvalue weighted by Crippen LogP contribution is -2.16. The van der Waals surface area contributed by atoms with Crippen LogP contribution in [0.5, 0.6) is 0 Å². The molecule has 1 atom stereocenters. The summed E-state index contributed by atoms with van der Waals surface area (Å²) in [4.78, 5) is 11.6. The minimum atomic E-state index is -0.429. The molecule has 0 fully saturated rings. The van der Waals surface area contributed by atoms with Gasteiger partial charge in [0.05, 0.1) is 0 Å². The molecule has 1 aromatic carbocycles. The molecule has 0 aliphatic carbocycles. The van der Waals surface area contributed by atoms with Crippen molar-refractivity contribution in [1.82, 2.24) is 0 Å². The maximum absolute atomic E-state index is 13.4. The van der Waals surface area contributed by atoms with Crippen LogP contribution >= 0.6 is 11.6 Å². The number of nitrogens with two attached hydrogens (primary N) is 1. The topological polar surface area (TPSA) is 43.1 Å². The summed E-state index contributed by atoms with van der Waals surface area (Å²) >= 11 is 5.62. The van der Waals surface area contributed by atoms with Gasteiger partial charge in [0, 0.05) is 17.9 Å². The van der Waals surface area contributed by atoms with E-state index in [0.717, 1.165) is 0 Å². The first-order chi connectivity index (χ1) is 7.52. The highest BCUT2D eigenvalue weighted by Gasteiger charge is 2.11. The number of carbonyl (C=O) groups excluding carboxylic acids is 1. The lowest BCUT2D eigenvalue weighted by atomic mass is 10.00. The van der Waals surface area contributed by atoms with Crippen molar-refractivity contribution < 1.29 is 9.18 Å². The van der Waals surface area contributed by atoms with Crippen LogP contribution in [-0.2, 0) is 11.2 Å². The Bertz CT molecular complexity index is 381. The predicted octanol–water partition coefficient (Wildman–Crippen LogP) is 2.58. The minimum Gasteiger partial charge on any atom is -0.330 e. The molecule has 88 valence electrons. The maximum atomic E-state index is 13.4. The van der Waals surface area contributed by atoms with Crippen LogP contribution in [0, 0.1) is 11.7 Å². The largest absolute Gasteiger partial charge is 0.330 e. The summed E-state index contributed by atoms with van der Waals surface area (Å²) in [6, 6.07) is 4.35. The summed E-state index contributed by atoms with van der Waals surface area (Å²) < 4.78 is 13.4. The van der Waals surface area contributed by atoms with Crippen LogP contribution in [-0.4, -0.2) is 12.3 Å². The van der Waals surface area contributed by atoms with Crippen molar-refractivity contribution in [2.45, 2.75) is 19.8 Å². The fourth-order valence-corrected chi connectivity index (χ4v) is 1.58. The van der Waals surface area contributed by atoms with Crippen molar-refractivity contribution in [2.75, 3.05) is 6.54 Å². The zero-order chi connectivity index (χ0) is 12.1. The van der Waals surface area contributed by atoms with Gasteiger partial charge in [-0.2, -0.15) is 0 Å². The summed E-state index contributed by atoms with van der Waals surface area (Å²) in [5.41, 5.74) is 5.81. The van der Waals surface area contributed by atoms with E-state index in [0.29, 0.717) is 23.6 Å². The predicted molar refractivity (Wildman–Crippen MR) is 63.0 cm³/mol. The summed E-state index contributed by atoms with van der Waals surface area (Å²) in [5.74, 6) is -0.289. The summed E-state index contributed by atoms with van der Waals surface area (Å²) in [6.45, 7) is 2.37. The van der Waals surface area contributed by atoms with Crippen molar-refractivity contribution in [3.8, 4) is 0 Å². The molecule has 2 N–H and O–H groups in total. The Hall–Kier alpha value is -0.930. The lowest BCUT2D eigenvalue weighted by Gasteiger charge is -2.07. The van der Waals surface area contributed by atoms with Gasteiger partial charge in [-0.25, -0.2) is 4.39 Å². The zero-order valence-corrected chi connectivity index (χ0v) is 9.93. The smallest absolute Gasteiger partial charge is 0.137 e. The van der Waals surface area contributed by atoms with Crippen LogP contribution in [0.25, 0.3) is 0 Å². The Morgan fingerprint density at radius 1 is 1.56 bits per heavy atom. The molecule has 0 bridgehead atoms. The van der Waals surface area contributed by atoms with E-state index in [-0.39, 0.29) is 18.1 Å². The molecule has 16 heavy (non-hydrogen) atoms. The molecule has 0 saturated carbocycles. The van der Waals surface area contributed by atoms with Crippen molar-refractivity contribution in [3.05, 3.63) is 34.6 Å². The van der Waals surface area contributed by atoms with Crippen molar-refractivity contribution in [3.63, 3.8) is 0 Å². The maximum Gasteiger partial charge on any atom is 0.137 e. The number of Topliss-reactive ketones (excluding diaryl/α,β-unsaturated/α-hetero) is 1. The Morgan fingerprint density at radius 3 is 2.81 bits per heavy atom. The molecule has 0 radical (unpaired) electrons. The van der Waals surface area contributed by atoms with Gasteiger partial charge in [0.25, 0.3) is 0 Å². The lowest BCUT2D eigenvalue weighted by molar-refractivity contribution is -0.119. The number of hydrogen-bond acceptors (Lipinski definition) is 2. The first kappa shape index (κ1) is 13.1. The van der Waals surface area contributed by atoms with E-state index in [1.807, 2.05) is 6.92 Å². The van der Waals surface area contributed by atoms with Gasteiger partial charge in [-0.15, -0.1) is 0 Å². The summed E-state index contributed by atoms with van der Waals surface area (Å²) in [6.07, 6.45) is 0.492. The highest BCUT2D eigenvalue weighted by atomic mass is 35.5. The van der Waals surface area contributed by atoms with E-state index in [4.69, 9.17) is 17.3 Å². The number of carbonyl (C=O) groups is 1. The Morgan fingerprint density at radius 2 is 2.25 bits per heavy atom. The molecule has 2 nitrogen and oxygen atoms in total. The number of halogens is 2. The molecule has 0 saturated heterocycles. The molecule has 0 aliphatic heterocycles. The highest BCUT2D eigenvalue weighted by Crippen LogP contribution is 2.16. The van der Waals surface area contributed by atoms with E-state index >= 15 is 0 Å². The van der Waals surface area contributed by atoms with Crippen LogP contribution in [0.3, 0.4) is 0 Å². The zero-order valence-electron chi connectivity index (χ0n) is 9.17. The van der Waals surface area contributed by atoms with Crippen molar-refractivity contribution in [1.29, 1.82) is 0 Å². The Labute approximate surface area is 99.6 Å². The van der Waals surface area contributed by atoms with Gasteiger partial charge in [0.2, 0.25) is 0 Å². The monoisotopic (exact) mass is 243 g/mol. The Balaban J connectivity index is 2.63. The SMILES string of the molecule is CC(CN)CC(=O)Cc1ccc(Cl)cc1F. The molecule has 0 amide bonds. The van der Waals surface area contributed by atoms with Gasteiger partial charge in [-0.1, -0.05) is 24.6 Å². The summed E-state index contributed by atoms with van der Waals surface area (Å²) in [7, 11) is 0. The molecular formula is C12H15ClFNO. The van der Waals surface area contributed by atoms with Crippen LogP contribution in [0.1, 0.15) is 18.9 Å². The molecule has 4 heteroatoms. The molecule has 1 rings (SSSR count). The average Bonchev–Trinajstić information content (AvgIpc) is 2.22. The fourth-order valence-electron chi connectivity index (χ4n) is 1.42. The van der Waals surface area contributed by atoms with Crippen LogP contribution in [0.4, 0.5) is 4.39 Å². The third-order valence-corrected chi connectivity index (χ3v) is 2.62.